The van der Waals surface area contributed by atoms with Gasteiger partial charge in [0.2, 0.25) is 0 Å². The number of ketones is 1. The quantitative estimate of drug-likeness (QED) is 0.766. The standard InChI is InChI=1S/C18H17N3O3S/c1-9(2)21-16-15(17(23)20-18(21)24)11-6-10(14-4-3-5-25-14)7-13(22)12(11)8-19-16/h3-5,8-10H,6-7H2,1-2H3,(H,20,23,24). The van der Waals surface area contributed by atoms with Crippen molar-refractivity contribution in [1.82, 2.24) is 14.5 Å². The zero-order chi connectivity index (χ0) is 17.7. The summed E-state index contributed by atoms with van der Waals surface area (Å²) in [5, 5.41) is 2.35. The van der Waals surface area contributed by atoms with Gasteiger partial charge in [-0.2, -0.15) is 0 Å². The van der Waals surface area contributed by atoms with Crippen LogP contribution in [0.4, 0.5) is 0 Å². The summed E-state index contributed by atoms with van der Waals surface area (Å²) in [6, 6.07) is 3.84. The van der Waals surface area contributed by atoms with Crippen molar-refractivity contribution in [3.8, 4) is 0 Å². The van der Waals surface area contributed by atoms with Gasteiger partial charge in [0.25, 0.3) is 5.56 Å². The van der Waals surface area contributed by atoms with E-state index in [1.165, 1.54) is 10.8 Å². The number of carbonyl (C=O) groups excluding carboxylic acids is 1. The van der Waals surface area contributed by atoms with Crippen LogP contribution in [0.15, 0.2) is 33.3 Å². The molecule has 1 unspecified atom stereocenters. The predicted octanol–water partition coefficient (Wildman–Crippen LogP) is 2.64. The molecule has 0 radical (unpaired) electrons. The van der Waals surface area contributed by atoms with Gasteiger partial charge >= 0.3 is 5.69 Å². The molecule has 0 aromatic carbocycles. The van der Waals surface area contributed by atoms with Gasteiger partial charge in [0.05, 0.1) is 5.39 Å². The molecule has 1 aliphatic rings. The second-order valence-electron chi connectivity index (χ2n) is 6.62. The molecule has 0 spiro atoms. The van der Waals surface area contributed by atoms with Crippen LogP contribution < -0.4 is 11.2 Å². The van der Waals surface area contributed by atoms with E-state index in [-0.39, 0.29) is 17.7 Å². The Hall–Kier alpha value is -2.54. The number of nitrogens with zero attached hydrogens (tertiary/aromatic N) is 2. The molecule has 0 saturated carbocycles. The number of pyridine rings is 1. The van der Waals surface area contributed by atoms with Crippen molar-refractivity contribution in [2.24, 2.45) is 0 Å². The molecule has 0 bridgehead atoms. The van der Waals surface area contributed by atoms with E-state index in [1.807, 2.05) is 31.4 Å². The lowest BCUT2D eigenvalue weighted by atomic mass is 9.82. The Bertz CT molecular complexity index is 1090. The van der Waals surface area contributed by atoms with Gasteiger partial charge in [-0.1, -0.05) is 6.07 Å². The van der Waals surface area contributed by atoms with Gasteiger partial charge in [0, 0.05) is 35.0 Å². The highest BCUT2D eigenvalue weighted by atomic mass is 32.1. The van der Waals surface area contributed by atoms with E-state index in [2.05, 4.69) is 9.97 Å². The number of Topliss-reactive ketones (excluding diaryl/α,β-unsaturated/α-hetero) is 1. The minimum atomic E-state index is -0.475. The number of aromatic nitrogens is 3. The third-order valence-electron chi connectivity index (χ3n) is 4.71. The molecular formula is C18H17N3O3S. The third-order valence-corrected chi connectivity index (χ3v) is 5.74. The van der Waals surface area contributed by atoms with E-state index in [0.29, 0.717) is 35.0 Å². The zero-order valence-corrected chi connectivity index (χ0v) is 14.7. The molecule has 1 atom stereocenters. The molecule has 7 heteroatoms. The summed E-state index contributed by atoms with van der Waals surface area (Å²) in [4.78, 5) is 45.1. The smallest absolute Gasteiger partial charge is 0.294 e. The highest BCUT2D eigenvalue weighted by molar-refractivity contribution is 7.10. The molecule has 3 heterocycles. The van der Waals surface area contributed by atoms with Crippen molar-refractivity contribution in [2.45, 2.75) is 38.6 Å². The van der Waals surface area contributed by atoms with Gasteiger partial charge in [-0.25, -0.2) is 9.78 Å². The third kappa shape index (κ3) is 2.46. The van der Waals surface area contributed by atoms with Crippen LogP contribution in [-0.2, 0) is 6.42 Å². The fraction of sp³-hybridized carbons (Fsp3) is 0.333. The van der Waals surface area contributed by atoms with Crippen molar-refractivity contribution < 1.29 is 4.79 Å². The first-order valence-corrected chi connectivity index (χ1v) is 9.08. The van der Waals surface area contributed by atoms with Crippen LogP contribution in [0, 0.1) is 0 Å². The number of aromatic amines is 1. The van der Waals surface area contributed by atoms with E-state index in [4.69, 9.17) is 0 Å². The summed E-state index contributed by atoms with van der Waals surface area (Å²) < 4.78 is 1.47. The number of H-pyrrole nitrogens is 1. The number of hydrogen-bond acceptors (Lipinski definition) is 5. The second kappa shape index (κ2) is 5.77. The van der Waals surface area contributed by atoms with Gasteiger partial charge in [-0.05, 0) is 37.3 Å². The Labute approximate surface area is 147 Å². The highest BCUT2D eigenvalue weighted by Crippen LogP contribution is 2.36. The summed E-state index contributed by atoms with van der Waals surface area (Å²) in [5.41, 5.74) is 0.606. The van der Waals surface area contributed by atoms with Gasteiger partial charge in [-0.3, -0.25) is 19.1 Å². The first-order chi connectivity index (χ1) is 12.0. The molecule has 0 fully saturated rings. The lowest BCUT2D eigenvalue weighted by Crippen LogP contribution is -2.33. The summed E-state index contributed by atoms with van der Waals surface area (Å²) in [6.07, 6.45) is 2.53. The molecule has 3 aromatic rings. The first-order valence-electron chi connectivity index (χ1n) is 8.20. The van der Waals surface area contributed by atoms with Gasteiger partial charge in [-0.15, -0.1) is 11.3 Å². The van der Waals surface area contributed by atoms with Crippen molar-refractivity contribution in [3.63, 3.8) is 0 Å². The molecule has 0 aliphatic heterocycles. The van der Waals surface area contributed by atoms with Gasteiger partial charge in [0.15, 0.2) is 5.78 Å². The largest absolute Gasteiger partial charge is 0.330 e. The molecule has 128 valence electrons. The summed E-state index contributed by atoms with van der Waals surface area (Å²) in [5.74, 6) is 0.0557. The van der Waals surface area contributed by atoms with Crippen LogP contribution in [0.3, 0.4) is 0 Å². The van der Waals surface area contributed by atoms with Gasteiger partial charge in [0.1, 0.15) is 5.65 Å². The Balaban J connectivity index is 2.01. The highest BCUT2D eigenvalue weighted by Gasteiger charge is 2.30. The Morgan fingerprint density at radius 2 is 2.08 bits per heavy atom. The molecule has 1 N–H and O–H groups in total. The molecule has 4 rings (SSSR count). The van der Waals surface area contributed by atoms with Crippen molar-refractivity contribution in [3.05, 3.63) is 60.6 Å². The summed E-state index contributed by atoms with van der Waals surface area (Å²) in [6.45, 7) is 3.72. The van der Waals surface area contributed by atoms with E-state index >= 15 is 0 Å². The molecule has 0 amide bonds. The Morgan fingerprint density at radius 3 is 2.76 bits per heavy atom. The zero-order valence-electron chi connectivity index (χ0n) is 13.9. The Morgan fingerprint density at radius 1 is 1.28 bits per heavy atom. The van der Waals surface area contributed by atoms with Crippen LogP contribution in [0.2, 0.25) is 0 Å². The maximum absolute atomic E-state index is 12.6. The summed E-state index contributed by atoms with van der Waals surface area (Å²) in [7, 11) is 0. The topological polar surface area (TPSA) is 84.8 Å². The molecule has 1 aliphatic carbocycles. The fourth-order valence-electron chi connectivity index (χ4n) is 3.58. The van der Waals surface area contributed by atoms with Crippen LogP contribution >= 0.6 is 11.3 Å². The van der Waals surface area contributed by atoms with Crippen molar-refractivity contribution in [1.29, 1.82) is 0 Å². The van der Waals surface area contributed by atoms with Crippen LogP contribution in [0.1, 0.15) is 53.0 Å². The maximum Gasteiger partial charge on any atom is 0.330 e. The van der Waals surface area contributed by atoms with E-state index in [1.54, 1.807) is 11.3 Å². The second-order valence-corrected chi connectivity index (χ2v) is 7.60. The number of thiophene rings is 1. The monoisotopic (exact) mass is 355 g/mol. The number of hydrogen-bond donors (Lipinski definition) is 1. The number of fused-ring (bicyclic) bond motifs is 3. The lowest BCUT2D eigenvalue weighted by Gasteiger charge is -2.24. The first kappa shape index (κ1) is 16.0. The maximum atomic E-state index is 12.6. The summed E-state index contributed by atoms with van der Waals surface area (Å²) >= 11 is 1.62. The fourth-order valence-corrected chi connectivity index (χ4v) is 4.41. The average molecular weight is 355 g/mol. The normalized spacial score (nSPS) is 17.2. The average Bonchev–Trinajstić information content (AvgIpc) is 3.08. The lowest BCUT2D eigenvalue weighted by molar-refractivity contribution is 0.0964. The minimum Gasteiger partial charge on any atom is -0.294 e. The van der Waals surface area contributed by atoms with Crippen LogP contribution in [-0.4, -0.2) is 20.3 Å². The number of rotatable bonds is 2. The van der Waals surface area contributed by atoms with Crippen LogP contribution in [0.25, 0.3) is 11.0 Å². The molecule has 0 saturated heterocycles. The number of nitrogens with one attached hydrogen (secondary N) is 1. The number of carbonyl (C=O) groups is 1. The molecular weight excluding hydrogens is 338 g/mol. The predicted molar refractivity (Wildman–Crippen MR) is 96.7 cm³/mol. The van der Waals surface area contributed by atoms with E-state index < -0.39 is 11.2 Å². The van der Waals surface area contributed by atoms with Crippen molar-refractivity contribution >= 4 is 28.2 Å². The van der Waals surface area contributed by atoms with Gasteiger partial charge < -0.3 is 0 Å². The molecule has 6 nitrogen and oxygen atoms in total. The van der Waals surface area contributed by atoms with Crippen molar-refractivity contribution in [2.75, 3.05) is 0 Å². The van der Waals surface area contributed by atoms with E-state index in [0.717, 1.165) is 4.88 Å². The Kier molecular flexibility index (Phi) is 3.68. The minimum absolute atomic E-state index is 0.00394. The van der Waals surface area contributed by atoms with Crippen LogP contribution in [0.5, 0.6) is 0 Å². The van der Waals surface area contributed by atoms with E-state index in [9.17, 15) is 14.4 Å². The molecule has 3 aromatic heterocycles. The molecule has 25 heavy (non-hydrogen) atoms. The SMILES string of the molecule is CC(C)n1c(=O)[nH]c(=O)c2c3c(cnc21)C(=O)CC(c1cccs1)C3.